The summed E-state index contributed by atoms with van der Waals surface area (Å²) in [5.41, 5.74) is 9.60. The van der Waals surface area contributed by atoms with E-state index in [0.29, 0.717) is 30.4 Å². The standard InChI is InChI=1S/C16H15FN2O2/c17-11-2-1-10-3-4-19(13(10)7-11)14-9-16-15(8-12(14)18)20-5-6-21-16/h1-2,7-9H,3-6,18H2. The van der Waals surface area contributed by atoms with E-state index in [1.54, 1.807) is 12.1 Å². The van der Waals surface area contributed by atoms with Crippen molar-refractivity contribution in [2.45, 2.75) is 6.42 Å². The van der Waals surface area contributed by atoms with Crippen molar-refractivity contribution in [1.29, 1.82) is 0 Å². The van der Waals surface area contributed by atoms with Crippen LogP contribution in [0.5, 0.6) is 11.5 Å². The van der Waals surface area contributed by atoms with E-state index >= 15 is 0 Å². The second-order valence-electron chi connectivity index (χ2n) is 5.23. The van der Waals surface area contributed by atoms with Crippen molar-refractivity contribution < 1.29 is 13.9 Å². The quantitative estimate of drug-likeness (QED) is 0.819. The Balaban J connectivity index is 1.80. The summed E-state index contributed by atoms with van der Waals surface area (Å²) in [5, 5.41) is 0. The molecule has 0 amide bonds. The topological polar surface area (TPSA) is 47.7 Å². The Kier molecular flexibility index (Phi) is 2.67. The molecule has 0 saturated heterocycles. The molecule has 4 rings (SSSR count). The van der Waals surface area contributed by atoms with Crippen molar-refractivity contribution in [2.75, 3.05) is 30.4 Å². The first-order chi connectivity index (χ1) is 10.2. The van der Waals surface area contributed by atoms with Crippen LogP contribution < -0.4 is 20.1 Å². The van der Waals surface area contributed by atoms with Gasteiger partial charge in [0.05, 0.1) is 11.4 Å². The first kappa shape index (κ1) is 12.3. The monoisotopic (exact) mass is 286 g/mol. The number of nitrogens with zero attached hydrogens (tertiary/aromatic N) is 1. The Hall–Kier alpha value is -2.43. The first-order valence-corrected chi connectivity index (χ1v) is 6.97. The molecule has 0 unspecified atom stereocenters. The largest absolute Gasteiger partial charge is 0.486 e. The lowest BCUT2D eigenvalue weighted by molar-refractivity contribution is 0.172. The number of anilines is 3. The number of halogens is 1. The zero-order valence-corrected chi connectivity index (χ0v) is 11.4. The SMILES string of the molecule is Nc1cc2c(cc1N1CCc3ccc(F)cc31)OCCO2. The highest BCUT2D eigenvalue weighted by Gasteiger charge is 2.25. The van der Waals surface area contributed by atoms with Crippen LogP contribution in [0.25, 0.3) is 0 Å². The number of nitrogen functional groups attached to an aromatic ring is 1. The molecular weight excluding hydrogens is 271 g/mol. The highest BCUT2D eigenvalue weighted by molar-refractivity contribution is 5.81. The van der Waals surface area contributed by atoms with Gasteiger partial charge in [-0.1, -0.05) is 6.07 Å². The van der Waals surface area contributed by atoms with Crippen LogP contribution in [0.2, 0.25) is 0 Å². The normalized spacial score (nSPS) is 16.0. The second kappa shape index (κ2) is 4.55. The fourth-order valence-corrected chi connectivity index (χ4v) is 2.93. The second-order valence-corrected chi connectivity index (χ2v) is 5.23. The fourth-order valence-electron chi connectivity index (χ4n) is 2.93. The van der Waals surface area contributed by atoms with Gasteiger partial charge in [0.25, 0.3) is 0 Å². The van der Waals surface area contributed by atoms with Gasteiger partial charge in [-0.15, -0.1) is 0 Å². The van der Waals surface area contributed by atoms with Crippen molar-refractivity contribution in [3.8, 4) is 11.5 Å². The van der Waals surface area contributed by atoms with E-state index in [4.69, 9.17) is 15.2 Å². The molecule has 0 aliphatic carbocycles. The van der Waals surface area contributed by atoms with Gasteiger partial charge in [0.15, 0.2) is 11.5 Å². The van der Waals surface area contributed by atoms with Crippen LogP contribution in [-0.2, 0) is 6.42 Å². The van der Waals surface area contributed by atoms with E-state index in [1.807, 2.05) is 17.0 Å². The molecule has 0 radical (unpaired) electrons. The number of nitrogens with two attached hydrogens (primary N) is 1. The molecule has 2 aliphatic heterocycles. The van der Waals surface area contributed by atoms with Gasteiger partial charge in [-0.2, -0.15) is 0 Å². The summed E-state index contributed by atoms with van der Waals surface area (Å²) in [7, 11) is 0. The van der Waals surface area contributed by atoms with Crippen molar-refractivity contribution in [3.63, 3.8) is 0 Å². The Morgan fingerprint density at radius 3 is 2.57 bits per heavy atom. The first-order valence-electron chi connectivity index (χ1n) is 6.97. The third kappa shape index (κ3) is 1.96. The summed E-state index contributed by atoms with van der Waals surface area (Å²) in [4.78, 5) is 2.03. The number of hydrogen-bond acceptors (Lipinski definition) is 4. The van der Waals surface area contributed by atoms with E-state index in [1.165, 1.54) is 6.07 Å². The van der Waals surface area contributed by atoms with Gasteiger partial charge in [0.1, 0.15) is 19.0 Å². The molecule has 21 heavy (non-hydrogen) atoms. The highest BCUT2D eigenvalue weighted by atomic mass is 19.1. The number of rotatable bonds is 1. The number of ether oxygens (including phenoxy) is 2. The molecule has 2 aliphatic rings. The summed E-state index contributed by atoms with van der Waals surface area (Å²) in [6.45, 7) is 1.84. The Labute approximate surface area is 121 Å². The number of hydrogen-bond donors (Lipinski definition) is 1. The summed E-state index contributed by atoms with van der Waals surface area (Å²) < 4.78 is 24.7. The zero-order valence-electron chi connectivity index (χ0n) is 11.4. The molecule has 2 heterocycles. The summed E-state index contributed by atoms with van der Waals surface area (Å²) in [6.07, 6.45) is 0.878. The Morgan fingerprint density at radius 1 is 1.00 bits per heavy atom. The summed E-state index contributed by atoms with van der Waals surface area (Å²) in [5.74, 6) is 1.12. The van der Waals surface area contributed by atoms with Gasteiger partial charge >= 0.3 is 0 Å². The van der Waals surface area contributed by atoms with Gasteiger partial charge < -0.3 is 20.1 Å². The van der Waals surface area contributed by atoms with E-state index in [-0.39, 0.29) is 5.82 Å². The van der Waals surface area contributed by atoms with Gasteiger partial charge in [-0.25, -0.2) is 4.39 Å². The van der Waals surface area contributed by atoms with Crippen LogP contribution in [0.4, 0.5) is 21.5 Å². The Morgan fingerprint density at radius 2 is 1.76 bits per heavy atom. The van der Waals surface area contributed by atoms with Crippen molar-refractivity contribution in [1.82, 2.24) is 0 Å². The third-order valence-corrected chi connectivity index (χ3v) is 3.93. The summed E-state index contributed by atoms with van der Waals surface area (Å²) in [6, 6.07) is 8.54. The smallest absolute Gasteiger partial charge is 0.163 e. The van der Waals surface area contributed by atoms with Gasteiger partial charge in [-0.05, 0) is 24.1 Å². The van der Waals surface area contributed by atoms with Gasteiger partial charge in [0, 0.05) is 24.4 Å². The molecule has 0 aromatic heterocycles. The molecule has 0 saturated carbocycles. The maximum atomic E-state index is 13.5. The molecule has 2 aromatic rings. The van der Waals surface area contributed by atoms with Crippen LogP contribution in [-0.4, -0.2) is 19.8 Å². The molecule has 108 valence electrons. The average molecular weight is 286 g/mol. The van der Waals surface area contributed by atoms with Crippen LogP contribution in [0.3, 0.4) is 0 Å². The lowest BCUT2D eigenvalue weighted by atomic mass is 10.1. The van der Waals surface area contributed by atoms with Crippen molar-refractivity contribution in [3.05, 3.63) is 41.7 Å². The predicted octanol–water partition coefficient (Wildman–Crippen LogP) is 2.87. The number of benzene rings is 2. The highest BCUT2D eigenvalue weighted by Crippen LogP contribution is 2.43. The maximum Gasteiger partial charge on any atom is 0.163 e. The van der Waals surface area contributed by atoms with Crippen molar-refractivity contribution in [2.24, 2.45) is 0 Å². The predicted molar refractivity (Wildman–Crippen MR) is 79.0 cm³/mol. The summed E-state index contributed by atoms with van der Waals surface area (Å²) >= 11 is 0. The van der Waals surface area contributed by atoms with E-state index in [2.05, 4.69) is 0 Å². The fraction of sp³-hybridized carbons (Fsp3) is 0.250. The molecule has 0 bridgehead atoms. The van der Waals surface area contributed by atoms with Crippen LogP contribution in [0.1, 0.15) is 5.56 Å². The van der Waals surface area contributed by atoms with Gasteiger partial charge in [0.2, 0.25) is 0 Å². The third-order valence-electron chi connectivity index (χ3n) is 3.93. The van der Waals surface area contributed by atoms with E-state index < -0.39 is 0 Å². The zero-order chi connectivity index (χ0) is 14.4. The molecule has 0 spiro atoms. The maximum absolute atomic E-state index is 13.5. The molecule has 4 nitrogen and oxygen atoms in total. The Bertz CT molecular complexity index is 718. The van der Waals surface area contributed by atoms with E-state index in [9.17, 15) is 4.39 Å². The molecule has 2 aromatic carbocycles. The minimum atomic E-state index is -0.239. The van der Waals surface area contributed by atoms with Gasteiger partial charge in [-0.3, -0.25) is 0 Å². The van der Waals surface area contributed by atoms with Crippen molar-refractivity contribution >= 4 is 17.1 Å². The lowest BCUT2D eigenvalue weighted by Crippen LogP contribution is -2.19. The molecule has 0 atom stereocenters. The van der Waals surface area contributed by atoms with Crippen LogP contribution in [0.15, 0.2) is 30.3 Å². The molecular formula is C16H15FN2O2. The molecule has 5 heteroatoms. The van der Waals surface area contributed by atoms with Crippen LogP contribution in [0, 0.1) is 5.82 Å². The lowest BCUT2D eigenvalue weighted by Gasteiger charge is -2.25. The van der Waals surface area contributed by atoms with E-state index in [0.717, 1.165) is 29.9 Å². The minimum Gasteiger partial charge on any atom is -0.486 e. The molecule has 0 fully saturated rings. The molecule has 2 N–H and O–H groups in total. The minimum absolute atomic E-state index is 0.239. The average Bonchev–Trinajstić information content (AvgIpc) is 2.89. The number of fused-ring (bicyclic) bond motifs is 2. The van der Waals surface area contributed by atoms with Crippen LogP contribution >= 0.6 is 0 Å².